The van der Waals surface area contributed by atoms with Crippen molar-refractivity contribution in [2.75, 3.05) is 26.3 Å². The van der Waals surface area contributed by atoms with Crippen molar-refractivity contribution in [1.82, 2.24) is 20.4 Å². The molecule has 2 N–H and O–H groups in total. The zero-order chi connectivity index (χ0) is 19.3. The van der Waals surface area contributed by atoms with Crippen molar-refractivity contribution < 1.29 is 9.53 Å². The van der Waals surface area contributed by atoms with Gasteiger partial charge in [-0.2, -0.15) is 5.10 Å². The molecule has 0 unspecified atom stereocenters. The SMILES string of the molecule is O=C(NCc1ccccc1CN1CCOCC1)c1n[nH]c(=O)c2ccccc12. The monoisotopic (exact) mass is 378 g/mol. The highest BCUT2D eigenvalue weighted by Crippen LogP contribution is 2.15. The van der Waals surface area contributed by atoms with Gasteiger partial charge in [-0.05, 0) is 17.2 Å². The van der Waals surface area contributed by atoms with E-state index in [1.807, 2.05) is 18.2 Å². The average molecular weight is 378 g/mol. The van der Waals surface area contributed by atoms with Crippen molar-refractivity contribution in [3.8, 4) is 0 Å². The second kappa shape index (κ2) is 8.33. The van der Waals surface area contributed by atoms with Gasteiger partial charge in [0.05, 0.1) is 18.6 Å². The molecular weight excluding hydrogens is 356 g/mol. The first-order valence-electron chi connectivity index (χ1n) is 9.35. The molecule has 1 aromatic heterocycles. The Kier molecular flexibility index (Phi) is 5.45. The predicted molar refractivity (Wildman–Crippen MR) is 106 cm³/mol. The molecule has 0 spiro atoms. The van der Waals surface area contributed by atoms with Gasteiger partial charge >= 0.3 is 0 Å². The second-order valence-corrected chi connectivity index (χ2v) is 6.79. The van der Waals surface area contributed by atoms with Crippen molar-refractivity contribution >= 4 is 16.7 Å². The van der Waals surface area contributed by atoms with E-state index < -0.39 is 0 Å². The first-order valence-corrected chi connectivity index (χ1v) is 9.35. The van der Waals surface area contributed by atoms with Crippen molar-refractivity contribution in [3.63, 3.8) is 0 Å². The molecule has 2 aromatic carbocycles. The number of morpholine rings is 1. The van der Waals surface area contributed by atoms with Gasteiger partial charge in [-0.15, -0.1) is 0 Å². The highest BCUT2D eigenvalue weighted by atomic mass is 16.5. The topological polar surface area (TPSA) is 87.3 Å². The lowest BCUT2D eigenvalue weighted by Gasteiger charge is -2.27. The molecule has 7 nitrogen and oxygen atoms in total. The lowest BCUT2D eigenvalue weighted by atomic mass is 10.1. The minimum Gasteiger partial charge on any atom is -0.379 e. The lowest BCUT2D eigenvalue weighted by Crippen LogP contribution is -2.36. The normalized spacial score (nSPS) is 14.9. The number of hydrogen-bond acceptors (Lipinski definition) is 5. The standard InChI is InChI=1S/C21H22N4O3/c26-20-18-8-4-3-7-17(18)19(23-24-20)21(27)22-13-15-5-1-2-6-16(15)14-25-9-11-28-12-10-25/h1-8H,9-14H2,(H,22,27)(H,24,26). The number of benzene rings is 2. The first kappa shape index (κ1) is 18.3. The molecule has 2 heterocycles. The van der Waals surface area contributed by atoms with Crippen LogP contribution in [-0.4, -0.2) is 47.3 Å². The van der Waals surface area contributed by atoms with Crippen LogP contribution in [0.15, 0.2) is 53.3 Å². The van der Waals surface area contributed by atoms with E-state index in [1.165, 1.54) is 5.56 Å². The number of carbonyl (C=O) groups excluding carboxylic acids is 1. The van der Waals surface area contributed by atoms with Gasteiger partial charge in [-0.1, -0.05) is 42.5 Å². The third kappa shape index (κ3) is 3.95. The summed E-state index contributed by atoms with van der Waals surface area (Å²) in [6, 6.07) is 15.1. The number of amides is 1. The summed E-state index contributed by atoms with van der Waals surface area (Å²) < 4.78 is 5.41. The quantitative estimate of drug-likeness (QED) is 0.705. The zero-order valence-electron chi connectivity index (χ0n) is 15.5. The average Bonchev–Trinajstić information content (AvgIpc) is 2.74. The highest BCUT2D eigenvalue weighted by molar-refractivity contribution is 6.04. The minimum atomic E-state index is -0.311. The molecular formula is C21H22N4O3. The first-order chi connectivity index (χ1) is 13.7. The number of nitrogens with zero attached hydrogens (tertiary/aromatic N) is 2. The van der Waals surface area contributed by atoms with Crippen LogP contribution in [-0.2, 0) is 17.8 Å². The molecule has 0 bridgehead atoms. The molecule has 1 amide bonds. The van der Waals surface area contributed by atoms with Crippen LogP contribution in [0.2, 0.25) is 0 Å². The Bertz CT molecular complexity index is 1040. The van der Waals surface area contributed by atoms with Crippen LogP contribution in [0.25, 0.3) is 10.8 Å². The van der Waals surface area contributed by atoms with Crippen LogP contribution in [0.5, 0.6) is 0 Å². The highest BCUT2D eigenvalue weighted by Gasteiger charge is 2.16. The maximum atomic E-state index is 12.7. The molecule has 1 aliphatic rings. The Morgan fingerprint density at radius 1 is 1.04 bits per heavy atom. The molecule has 3 aromatic rings. The number of fused-ring (bicyclic) bond motifs is 1. The van der Waals surface area contributed by atoms with Crippen molar-refractivity contribution in [2.24, 2.45) is 0 Å². The third-order valence-electron chi connectivity index (χ3n) is 4.97. The van der Waals surface area contributed by atoms with Gasteiger partial charge < -0.3 is 10.1 Å². The summed E-state index contributed by atoms with van der Waals surface area (Å²) >= 11 is 0. The maximum absolute atomic E-state index is 12.7. The van der Waals surface area contributed by atoms with E-state index in [4.69, 9.17) is 4.74 Å². The number of aromatic nitrogens is 2. The Balaban J connectivity index is 1.50. The van der Waals surface area contributed by atoms with Gasteiger partial charge in [0.1, 0.15) is 0 Å². The smallest absolute Gasteiger partial charge is 0.272 e. The van der Waals surface area contributed by atoms with E-state index in [0.29, 0.717) is 17.3 Å². The van der Waals surface area contributed by atoms with Crippen molar-refractivity contribution in [1.29, 1.82) is 0 Å². The van der Waals surface area contributed by atoms with Crippen LogP contribution in [0.1, 0.15) is 21.6 Å². The number of ether oxygens (including phenoxy) is 1. The van der Waals surface area contributed by atoms with Gasteiger partial charge in [0.25, 0.3) is 11.5 Å². The molecule has 0 aliphatic carbocycles. The Morgan fingerprint density at radius 2 is 1.71 bits per heavy atom. The Morgan fingerprint density at radius 3 is 2.50 bits per heavy atom. The Labute approximate surface area is 162 Å². The Hall–Kier alpha value is -3.03. The zero-order valence-corrected chi connectivity index (χ0v) is 15.5. The summed E-state index contributed by atoms with van der Waals surface area (Å²) in [5, 5.41) is 10.3. The van der Waals surface area contributed by atoms with Gasteiger partial charge in [0, 0.05) is 31.6 Å². The summed E-state index contributed by atoms with van der Waals surface area (Å²) in [5.41, 5.74) is 2.17. The van der Waals surface area contributed by atoms with E-state index in [1.54, 1.807) is 24.3 Å². The fourth-order valence-corrected chi connectivity index (χ4v) is 3.43. The summed E-state index contributed by atoms with van der Waals surface area (Å²) in [6.45, 7) is 4.55. The van der Waals surface area contributed by atoms with E-state index in [2.05, 4.69) is 26.5 Å². The van der Waals surface area contributed by atoms with Crippen molar-refractivity contribution in [3.05, 3.63) is 75.7 Å². The summed E-state index contributed by atoms with van der Waals surface area (Å²) in [5.74, 6) is -0.311. The lowest BCUT2D eigenvalue weighted by molar-refractivity contribution is 0.0340. The van der Waals surface area contributed by atoms with E-state index >= 15 is 0 Å². The fourth-order valence-electron chi connectivity index (χ4n) is 3.43. The van der Waals surface area contributed by atoms with Crippen LogP contribution in [0.3, 0.4) is 0 Å². The van der Waals surface area contributed by atoms with E-state index in [0.717, 1.165) is 38.4 Å². The van der Waals surface area contributed by atoms with E-state index in [-0.39, 0.29) is 17.2 Å². The molecule has 0 radical (unpaired) electrons. The van der Waals surface area contributed by atoms with Gasteiger partial charge in [-0.25, -0.2) is 5.10 Å². The van der Waals surface area contributed by atoms with E-state index in [9.17, 15) is 9.59 Å². The molecule has 144 valence electrons. The molecule has 7 heteroatoms. The number of nitrogens with one attached hydrogen (secondary N) is 2. The van der Waals surface area contributed by atoms with Gasteiger partial charge in [-0.3, -0.25) is 14.5 Å². The largest absolute Gasteiger partial charge is 0.379 e. The number of aromatic amines is 1. The maximum Gasteiger partial charge on any atom is 0.272 e. The molecule has 0 saturated carbocycles. The van der Waals surface area contributed by atoms with Gasteiger partial charge in [0.15, 0.2) is 5.69 Å². The molecule has 28 heavy (non-hydrogen) atoms. The van der Waals surface area contributed by atoms with Crippen LogP contribution in [0, 0.1) is 0 Å². The molecule has 1 saturated heterocycles. The van der Waals surface area contributed by atoms with Crippen LogP contribution in [0.4, 0.5) is 0 Å². The predicted octanol–water partition coefficient (Wildman–Crippen LogP) is 1.69. The second-order valence-electron chi connectivity index (χ2n) is 6.79. The molecule has 1 fully saturated rings. The van der Waals surface area contributed by atoms with Gasteiger partial charge in [0.2, 0.25) is 0 Å². The fraction of sp³-hybridized carbons (Fsp3) is 0.286. The molecule has 1 aliphatic heterocycles. The summed E-state index contributed by atoms with van der Waals surface area (Å²) in [4.78, 5) is 27.0. The van der Waals surface area contributed by atoms with Crippen LogP contribution < -0.4 is 10.9 Å². The van der Waals surface area contributed by atoms with Crippen molar-refractivity contribution in [2.45, 2.75) is 13.1 Å². The summed E-state index contributed by atoms with van der Waals surface area (Å²) in [7, 11) is 0. The summed E-state index contributed by atoms with van der Waals surface area (Å²) in [6.07, 6.45) is 0. The number of hydrogen-bond donors (Lipinski definition) is 2. The third-order valence-corrected chi connectivity index (χ3v) is 4.97. The number of H-pyrrole nitrogens is 1. The number of carbonyl (C=O) groups is 1. The molecule has 0 atom stereocenters. The minimum absolute atomic E-state index is 0.223. The van der Waals surface area contributed by atoms with Crippen LogP contribution >= 0.6 is 0 Å². The number of rotatable bonds is 5. The molecule has 4 rings (SSSR count).